The standard InChI is InChI=1S/C30H32N8O4/c1-5-22-16-26(38-25(32-22)14-15-31-38)37(18-27(39)41-19-42-29(40)30(2,3)4)17-20-10-12-21(13-11-20)23-8-6-7-9-24(23)28-33-35-36-34-28/h6-16H,5,17-19H2,1-4H3,(H,33,34,35,36). The highest BCUT2D eigenvalue weighted by molar-refractivity contribution is 5.80. The summed E-state index contributed by atoms with van der Waals surface area (Å²) in [5, 5.41) is 18.9. The highest BCUT2D eigenvalue weighted by atomic mass is 16.7. The molecule has 12 heteroatoms. The molecule has 0 spiro atoms. The van der Waals surface area contributed by atoms with E-state index >= 15 is 0 Å². The molecular weight excluding hydrogens is 536 g/mol. The van der Waals surface area contributed by atoms with E-state index in [0.29, 0.717) is 30.3 Å². The zero-order valence-electron chi connectivity index (χ0n) is 23.9. The van der Waals surface area contributed by atoms with Gasteiger partial charge in [0.25, 0.3) is 0 Å². The molecule has 5 aromatic rings. The van der Waals surface area contributed by atoms with Gasteiger partial charge in [0.05, 0.1) is 11.6 Å². The number of fused-ring (bicyclic) bond motifs is 1. The van der Waals surface area contributed by atoms with Crippen LogP contribution in [0.1, 0.15) is 39.0 Å². The zero-order valence-corrected chi connectivity index (χ0v) is 23.9. The molecule has 0 aliphatic heterocycles. The molecule has 5 rings (SSSR count). The van der Waals surface area contributed by atoms with Crippen LogP contribution in [0.4, 0.5) is 5.82 Å². The number of ether oxygens (including phenoxy) is 2. The summed E-state index contributed by atoms with van der Waals surface area (Å²) < 4.78 is 12.1. The second kappa shape index (κ2) is 12.2. The lowest BCUT2D eigenvalue weighted by Gasteiger charge is -2.25. The summed E-state index contributed by atoms with van der Waals surface area (Å²) >= 11 is 0. The number of nitrogens with one attached hydrogen (secondary N) is 1. The van der Waals surface area contributed by atoms with Gasteiger partial charge >= 0.3 is 11.9 Å². The number of aromatic nitrogens is 7. The highest BCUT2D eigenvalue weighted by Gasteiger charge is 2.24. The first-order valence-electron chi connectivity index (χ1n) is 13.6. The molecule has 0 unspecified atom stereocenters. The maximum Gasteiger partial charge on any atom is 0.328 e. The molecular formula is C30H32N8O4. The van der Waals surface area contributed by atoms with E-state index in [1.807, 2.05) is 72.5 Å². The number of nitrogens with zero attached hydrogens (tertiary/aromatic N) is 7. The van der Waals surface area contributed by atoms with Gasteiger partial charge < -0.3 is 14.4 Å². The van der Waals surface area contributed by atoms with Crippen LogP contribution in [0.5, 0.6) is 0 Å². The van der Waals surface area contributed by atoms with E-state index in [0.717, 1.165) is 27.9 Å². The van der Waals surface area contributed by atoms with Crippen LogP contribution in [0.3, 0.4) is 0 Å². The Morgan fingerprint density at radius 2 is 1.76 bits per heavy atom. The third-order valence-corrected chi connectivity index (χ3v) is 6.57. The highest BCUT2D eigenvalue weighted by Crippen LogP contribution is 2.30. The van der Waals surface area contributed by atoms with Crippen molar-refractivity contribution < 1.29 is 19.1 Å². The first kappa shape index (κ1) is 28.4. The topological polar surface area (TPSA) is 140 Å². The lowest BCUT2D eigenvalue weighted by Crippen LogP contribution is -2.33. The fourth-order valence-electron chi connectivity index (χ4n) is 4.35. The van der Waals surface area contributed by atoms with Crippen molar-refractivity contribution in [2.45, 2.75) is 40.7 Å². The van der Waals surface area contributed by atoms with Gasteiger partial charge in [0.1, 0.15) is 12.4 Å². The second-order valence-corrected chi connectivity index (χ2v) is 10.7. The van der Waals surface area contributed by atoms with Crippen molar-refractivity contribution in [2.24, 2.45) is 5.41 Å². The Morgan fingerprint density at radius 1 is 1.00 bits per heavy atom. The predicted molar refractivity (Wildman–Crippen MR) is 155 cm³/mol. The quantitative estimate of drug-likeness (QED) is 0.192. The lowest BCUT2D eigenvalue weighted by molar-refractivity contribution is -0.172. The van der Waals surface area contributed by atoms with Gasteiger partial charge in [-0.05, 0) is 49.1 Å². The van der Waals surface area contributed by atoms with E-state index in [1.165, 1.54) is 0 Å². The Labute approximate surface area is 242 Å². The van der Waals surface area contributed by atoms with E-state index < -0.39 is 24.1 Å². The molecule has 3 heterocycles. The number of hydrogen-bond donors (Lipinski definition) is 1. The van der Waals surface area contributed by atoms with Crippen LogP contribution in [0.2, 0.25) is 0 Å². The molecule has 0 aliphatic carbocycles. The first-order valence-corrected chi connectivity index (χ1v) is 13.6. The van der Waals surface area contributed by atoms with Crippen LogP contribution in [0.25, 0.3) is 28.2 Å². The number of anilines is 1. The number of esters is 2. The van der Waals surface area contributed by atoms with Crippen molar-refractivity contribution in [1.82, 2.24) is 35.2 Å². The molecule has 3 aromatic heterocycles. The molecule has 0 aliphatic rings. The fraction of sp³-hybridized carbons (Fsp3) is 0.300. The number of carbonyl (C=O) groups is 2. The Kier molecular flexibility index (Phi) is 8.23. The van der Waals surface area contributed by atoms with Crippen molar-refractivity contribution >= 4 is 23.4 Å². The molecule has 2 aromatic carbocycles. The number of aromatic amines is 1. The molecule has 1 N–H and O–H groups in total. The van der Waals surface area contributed by atoms with Gasteiger partial charge in [0, 0.05) is 29.9 Å². The number of aryl methyl sites for hydroxylation is 1. The summed E-state index contributed by atoms with van der Waals surface area (Å²) in [6, 6.07) is 19.6. The molecule has 216 valence electrons. The van der Waals surface area contributed by atoms with Crippen LogP contribution >= 0.6 is 0 Å². The van der Waals surface area contributed by atoms with Crippen molar-refractivity contribution in [3.63, 3.8) is 0 Å². The summed E-state index contributed by atoms with van der Waals surface area (Å²) in [6.45, 7) is 7.05. The molecule has 0 amide bonds. The number of H-pyrrole nitrogens is 1. The molecule has 12 nitrogen and oxygen atoms in total. The molecule has 0 fully saturated rings. The Bertz CT molecular complexity index is 1670. The van der Waals surface area contributed by atoms with Crippen LogP contribution in [0.15, 0.2) is 66.9 Å². The molecule has 0 saturated carbocycles. The smallest absolute Gasteiger partial charge is 0.328 e. The second-order valence-electron chi connectivity index (χ2n) is 10.7. The number of hydrogen-bond acceptors (Lipinski definition) is 10. The van der Waals surface area contributed by atoms with Gasteiger partial charge in [0.2, 0.25) is 12.6 Å². The number of benzene rings is 2. The maximum absolute atomic E-state index is 12.9. The van der Waals surface area contributed by atoms with Gasteiger partial charge in [-0.2, -0.15) is 14.8 Å². The number of rotatable bonds is 10. The van der Waals surface area contributed by atoms with Crippen LogP contribution in [0, 0.1) is 5.41 Å². The van der Waals surface area contributed by atoms with Gasteiger partial charge in [0.15, 0.2) is 5.65 Å². The number of tetrazole rings is 1. The monoisotopic (exact) mass is 568 g/mol. The van der Waals surface area contributed by atoms with Crippen molar-refractivity contribution in [1.29, 1.82) is 0 Å². The SMILES string of the molecule is CCc1cc(N(CC(=O)OCOC(=O)C(C)(C)C)Cc2ccc(-c3ccccc3-c3nn[nH]n3)cc2)n2nccc2n1. The first-order chi connectivity index (χ1) is 20.2. The van der Waals surface area contributed by atoms with Gasteiger partial charge in [-0.1, -0.05) is 55.5 Å². The summed E-state index contributed by atoms with van der Waals surface area (Å²) in [5.74, 6) is 0.211. The van der Waals surface area contributed by atoms with E-state index in [-0.39, 0.29) is 6.54 Å². The average Bonchev–Trinajstić information content (AvgIpc) is 3.69. The minimum absolute atomic E-state index is 0.0996. The minimum atomic E-state index is -0.698. The van der Waals surface area contributed by atoms with E-state index in [4.69, 9.17) is 9.47 Å². The van der Waals surface area contributed by atoms with Gasteiger partial charge in [-0.15, -0.1) is 10.2 Å². The molecule has 0 saturated heterocycles. The Balaban J connectivity index is 1.40. The molecule has 0 bridgehead atoms. The van der Waals surface area contributed by atoms with Crippen LogP contribution in [-0.2, 0) is 32.0 Å². The van der Waals surface area contributed by atoms with Gasteiger partial charge in [-0.25, -0.2) is 4.98 Å². The Morgan fingerprint density at radius 3 is 2.45 bits per heavy atom. The average molecular weight is 569 g/mol. The summed E-state index contributed by atoms with van der Waals surface area (Å²) in [7, 11) is 0. The minimum Gasteiger partial charge on any atom is -0.427 e. The Hall–Kier alpha value is -5.13. The van der Waals surface area contributed by atoms with Crippen LogP contribution < -0.4 is 4.90 Å². The fourth-order valence-corrected chi connectivity index (χ4v) is 4.35. The van der Waals surface area contributed by atoms with Gasteiger partial charge in [-0.3, -0.25) is 9.59 Å². The maximum atomic E-state index is 12.9. The molecule has 0 atom stereocenters. The van der Waals surface area contributed by atoms with E-state index in [9.17, 15) is 9.59 Å². The summed E-state index contributed by atoms with van der Waals surface area (Å²) in [6.07, 6.45) is 2.38. The van der Waals surface area contributed by atoms with Crippen molar-refractivity contribution in [2.75, 3.05) is 18.2 Å². The van der Waals surface area contributed by atoms with Crippen molar-refractivity contribution in [3.8, 4) is 22.5 Å². The third-order valence-electron chi connectivity index (χ3n) is 6.57. The predicted octanol–water partition coefficient (Wildman–Crippen LogP) is 4.24. The third kappa shape index (κ3) is 6.43. The summed E-state index contributed by atoms with van der Waals surface area (Å²) in [4.78, 5) is 31.5. The van der Waals surface area contributed by atoms with E-state index in [1.54, 1.807) is 31.5 Å². The zero-order chi connectivity index (χ0) is 29.7. The lowest BCUT2D eigenvalue weighted by atomic mass is 9.98. The largest absolute Gasteiger partial charge is 0.427 e. The van der Waals surface area contributed by atoms with Crippen molar-refractivity contribution in [3.05, 3.63) is 78.1 Å². The number of carbonyl (C=O) groups excluding carboxylic acids is 2. The normalized spacial score (nSPS) is 11.4. The summed E-state index contributed by atoms with van der Waals surface area (Å²) in [5.41, 5.74) is 4.61. The van der Waals surface area contributed by atoms with Crippen LogP contribution in [-0.4, -0.2) is 60.5 Å². The molecule has 0 radical (unpaired) electrons. The molecule has 42 heavy (non-hydrogen) atoms. The van der Waals surface area contributed by atoms with E-state index in [2.05, 4.69) is 30.7 Å².